The quantitative estimate of drug-likeness (QED) is 0.571. The number of likely N-dealkylation sites (tertiary alicyclic amines) is 1. The molecule has 3 amide bonds. The number of hydrogen-bond donors (Lipinski definition) is 1. The Balaban J connectivity index is 1.68. The standard InChI is InChI=1S/C26H31F2N3O4/c1-3-14-30(17-23(32)29-21-12-6-4-9-18(21)2)24(33)19-10-8-15-31(16-19)25(34)20-11-5-7-13-22(20)35-26(27)28/h4-7,9,11-13,19,26H,3,8,10,14-17H2,1-2H3,(H,29,32). The summed E-state index contributed by atoms with van der Waals surface area (Å²) in [4.78, 5) is 42.1. The maximum absolute atomic E-state index is 13.3. The lowest BCUT2D eigenvalue weighted by molar-refractivity contribution is -0.139. The van der Waals surface area contributed by atoms with Crippen LogP contribution in [-0.2, 0) is 9.59 Å². The van der Waals surface area contributed by atoms with Crippen molar-refractivity contribution in [3.05, 3.63) is 59.7 Å². The fraction of sp³-hybridized carbons (Fsp3) is 0.423. The summed E-state index contributed by atoms with van der Waals surface area (Å²) in [5, 5.41) is 2.85. The van der Waals surface area contributed by atoms with Gasteiger partial charge in [0, 0.05) is 25.3 Å². The van der Waals surface area contributed by atoms with Gasteiger partial charge in [-0.25, -0.2) is 0 Å². The molecule has 35 heavy (non-hydrogen) atoms. The second-order valence-corrected chi connectivity index (χ2v) is 8.59. The average molecular weight is 488 g/mol. The first-order valence-corrected chi connectivity index (χ1v) is 11.8. The van der Waals surface area contributed by atoms with Gasteiger partial charge in [-0.1, -0.05) is 37.3 Å². The number of amides is 3. The SMILES string of the molecule is CCCN(CC(=O)Nc1ccccc1C)C(=O)C1CCCN(C(=O)c2ccccc2OC(F)F)C1. The number of nitrogens with one attached hydrogen (secondary N) is 1. The van der Waals surface area contributed by atoms with Gasteiger partial charge < -0.3 is 19.9 Å². The van der Waals surface area contributed by atoms with E-state index in [1.165, 1.54) is 28.0 Å². The van der Waals surface area contributed by atoms with Crippen molar-refractivity contribution in [2.24, 2.45) is 5.92 Å². The van der Waals surface area contributed by atoms with Crippen molar-refractivity contribution in [3.8, 4) is 5.75 Å². The monoisotopic (exact) mass is 487 g/mol. The summed E-state index contributed by atoms with van der Waals surface area (Å²) < 4.78 is 30.0. The summed E-state index contributed by atoms with van der Waals surface area (Å²) in [7, 11) is 0. The molecule has 1 fully saturated rings. The second-order valence-electron chi connectivity index (χ2n) is 8.59. The van der Waals surface area contributed by atoms with Gasteiger partial charge in [-0.05, 0) is 49.9 Å². The van der Waals surface area contributed by atoms with Crippen LogP contribution in [0.3, 0.4) is 0 Å². The number of ether oxygens (including phenoxy) is 1. The zero-order chi connectivity index (χ0) is 25.4. The van der Waals surface area contributed by atoms with Crippen LogP contribution in [-0.4, -0.2) is 60.3 Å². The fourth-order valence-electron chi connectivity index (χ4n) is 4.25. The van der Waals surface area contributed by atoms with Crippen molar-refractivity contribution in [1.82, 2.24) is 9.80 Å². The number of piperidine rings is 1. The first-order valence-electron chi connectivity index (χ1n) is 11.8. The average Bonchev–Trinajstić information content (AvgIpc) is 2.84. The van der Waals surface area contributed by atoms with Gasteiger partial charge in [-0.2, -0.15) is 8.78 Å². The predicted octanol–water partition coefficient (Wildman–Crippen LogP) is 4.33. The highest BCUT2D eigenvalue weighted by atomic mass is 19.3. The Hall–Kier alpha value is -3.49. The van der Waals surface area contributed by atoms with Crippen LogP contribution < -0.4 is 10.1 Å². The third-order valence-corrected chi connectivity index (χ3v) is 5.95. The van der Waals surface area contributed by atoms with E-state index in [1.807, 2.05) is 32.0 Å². The molecule has 0 radical (unpaired) electrons. The first-order chi connectivity index (χ1) is 16.8. The molecule has 7 nitrogen and oxygen atoms in total. The van der Waals surface area contributed by atoms with Crippen LogP contribution in [0.1, 0.15) is 42.1 Å². The topological polar surface area (TPSA) is 79.0 Å². The third-order valence-electron chi connectivity index (χ3n) is 5.95. The van der Waals surface area contributed by atoms with Crippen LogP contribution in [0.2, 0.25) is 0 Å². The van der Waals surface area contributed by atoms with E-state index in [4.69, 9.17) is 0 Å². The van der Waals surface area contributed by atoms with E-state index < -0.39 is 18.4 Å². The molecule has 2 aromatic carbocycles. The van der Waals surface area contributed by atoms with Crippen LogP contribution >= 0.6 is 0 Å². The molecule has 1 saturated heterocycles. The molecule has 1 atom stereocenters. The summed E-state index contributed by atoms with van der Waals surface area (Å²) in [5.41, 5.74) is 1.65. The Labute approximate surface area is 204 Å². The van der Waals surface area contributed by atoms with Crippen molar-refractivity contribution >= 4 is 23.4 Å². The lowest BCUT2D eigenvalue weighted by Gasteiger charge is -2.35. The number of carbonyl (C=O) groups is 3. The minimum Gasteiger partial charge on any atom is -0.434 e. The number of rotatable bonds is 9. The van der Waals surface area contributed by atoms with E-state index in [0.29, 0.717) is 38.0 Å². The van der Waals surface area contributed by atoms with Gasteiger partial charge in [-0.15, -0.1) is 0 Å². The molecule has 1 aliphatic heterocycles. The number of aryl methyl sites for hydroxylation is 1. The molecule has 0 aromatic heterocycles. The summed E-state index contributed by atoms with van der Waals surface area (Å²) >= 11 is 0. The molecule has 0 saturated carbocycles. The number of nitrogens with zero attached hydrogens (tertiary/aromatic N) is 2. The first kappa shape index (κ1) is 26.1. The Morgan fingerprint density at radius 3 is 2.57 bits per heavy atom. The number of benzene rings is 2. The molecule has 1 unspecified atom stereocenters. The lowest BCUT2D eigenvalue weighted by Crippen LogP contribution is -2.48. The zero-order valence-electron chi connectivity index (χ0n) is 20.0. The van der Waals surface area contributed by atoms with Crippen molar-refractivity contribution < 1.29 is 27.9 Å². The van der Waals surface area contributed by atoms with Gasteiger partial charge in [0.2, 0.25) is 11.8 Å². The van der Waals surface area contributed by atoms with Gasteiger partial charge >= 0.3 is 6.61 Å². The number of para-hydroxylation sites is 2. The highest BCUT2D eigenvalue weighted by Gasteiger charge is 2.33. The molecule has 0 spiro atoms. The van der Waals surface area contributed by atoms with Crippen LogP contribution in [0.4, 0.5) is 14.5 Å². The van der Waals surface area contributed by atoms with Gasteiger partial charge in [0.15, 0.2) is 0 Å². The predicted molar refractivity (Wildman–Crippen MR) is 128 cm³/mol. The van der Waals surface area contributed by atoms with E-state index >= 15 is 0 Å². The molecule has 1 heterocycles. The minimum absolute atomic E-state index is 0.0314. The maximum Gasteiger partial charge on any atom is 0.387 e. The molecular formula is C26H31F2N3O4. The molecule has 1 aliphatic rings. The minimum atomic E-state index is -3.05. The van der Waals surface area contributed by atoms with Gasteiger partial charge in [0.05, 0.1) is 18.0 Å². The van der Waals surface area contributed by atoms with Crippen molar-refractivity contribution in [2.45, 2.75) is 39.7 Å². The Morgan fingerprint density at radius 1 is 1.14 bits per heavy atom. The molecule has 0 bridgehead atoms. The molecule has 9 heteroatoms. The molecule has 3 rings (SSSR count). The lowest BCUT2D eigenvalue weighted by atomic mass is 9.95. The highest BCUT2D eigenvalue weighted by molar-refractivity contribution is 5.98. The normalized spacial score (nSPS) is 15.6. The second kappa shape index (κ2) is 12.3. The van der Waals surface area contributed by atoms with Crippen molar-refractivity contribution in [2.75, 3.05) is 31.5 Å². The van der Waals surface area contributed by atoms with E-state index in [-0.39, 0.29) is 36.2 Å². The number of anilines is 1. The van der Waals surface area contributed by atoms with Crippen molar-refractivity contribution in [1.29, 1.82) is 0 Å². The van der Waals surface area contributed by atoms with Gasteiger partial charge in [0.1, 0.15) is 5.75 Å². The number of alkyl halides is 2. The Bertz CT molecular complexity index is 1050. The highest BCUT2D eigenvalue weighted by Crippen LogP contribution is 2.26. The smallest absolute Gasteiger partial charge is 0.387 e. The summed E-state index contributed by atoms with van der Waals surface area (Å²) in [5.74, 6) is -1.61. The zero-order valence-corrected chi connectivity index (χ0v) is 20.0. The van der Waals surface area contributed by atoms with E-state index in [2.05, 4.69) is 10.1 Å². The van der Waals surface area contributed by atoms with Crippen LogP contribution in [0.5, 0.6) is 5.75 Å². The molecule has 188 valence electrons. The summed E-state index contributed by atoms with van der Waals surface area (Å²) in [6, 6.07) is 13.3. The van der Waals surface area contributed by atoms with E-state index in [9.17, 15) is 23.2 Å². The van der Waals surface area contributed by atoms with Crippen LogP contribution in [0.15, 0.2) is 48.5 Å². The molecular weight excluding hydrogens is 456 g/mol. The largest absolute Gasteiger partial charge is 0.434 e. The molecule has 1 N–H and O–H groups in total. The molecule has 2 aromatic rings. The summed E-state index contributed by atoms with van der Waals surface area (Å²) in [6.45, 7) is 1.66. The fourth-order valence-corrected chi connectivity index (χ4v) is 4.25. The Morgan fingerprint density at radius 2 is 1.86 bits per heavy atom. The van der Waals surface area contributed by atoms with Crippen LogP contribution in [0, 0.1) is 12.8 Å². The number of halogens is 2. The van der Waals surface area contributed by atoms with Gasteiger partial charge in [0.25, 0.3) is 5.91 Å². The third kappa shape index (κ3) is 7.00. The molecule has 0 aliphatic carbocycles. The number of carbonyl (C=O) groups excluding carboxylic acids is 3. The summed E-state index contributed by atoms with van der Waals surface area (Å²) in [6.07, 6.45) is 1.85. The van der Waals surface area contributed by atoms with Crippen LogP contribution in [0.25, 0.3) is 0 Å². The Kier molecular flexibility index (Phi) is 9.17. The van der Waals surface area contributed by atoms with Gasteiger partial charge in [-0.3, -0.25) is 14.4 Å². The number of hydrogen-bond acceptors (Lipinski definition) is 4. The van der Waals surface area contributed by atoms with Crippen molar-refractivity contribution in [3.63, 3.8) is 0 Å². The van der Waals surface area contributed by atoms with E-state index in [0.717, 1.165) is 5.56 Å². The maximum atomic E-state index is 13.3. The van der Waals surface area contributed by atoms with E-state index in [1.54, 1.807) is 12.1 Å².